The summed E-state index contributed by atoms with van der Waals surface area (Å²) in [6.07, 6.45) is 0.699. The summed E-state index contributed by atoms with van der Waals surface area (Å²) >= 11 is 0. The van der Waals surface area contributed by atoms with Gasteiger partial charge >= 0.3 is 11.9 Å². The zero-order chi connectivity index (χ0) is 10.0. The average Bonchev–Trinajstić information content (AvgIpc) is 2.47. The van der Waals surface area contributed by atoms with Crippen molar-refractivity contribution >= 4 is 5.97 Å². The van der Waals surface area contributed by atoms with E-state index < -0.39 is 5.97 Å². The van der Waals surface area contributed by atoms with Crippen LogP contribution in [0.25, 0.3) is 0 Å². The Labute approximate surface area is 76.6 Å². The molecule has 0 aliphatic carbocycles. The predicted octanol–water partition coefficient (Wildman–Crippen LogP) is 2.06. The Hall–Kier alpha value is -1.32. The second kappa shape index (κ2) is 3.60. The summed E-state index contributed by atoms with van der Waals surface area (Å²) in [6.45, 7) is 5.83. The van der Waals surface area contributed by atoms with Crippen LogP contribution in [0.4, 0.5) is 0 Å². The van der Waals surface area contributed by atoms with Crippen molar-refractivity contribution in [2.24, 2.45) is 0 Å². The maximum Gasteiger partial charge on any atom is 0.392 e. The molecule has 0 atom stereocenters. The third kappa shape index (κ3) is 1.88. The van der Waals surface area contributed by atoms with Crippen LogP contribution in [0, 0.1) is 0 Å². The molecule has 0 unspecified atom stereocenters. The van der Waals surface area contributed by atoms with Crippen molar-refractivity contribution < 1.29 is 14.3 Å². The van der Waals surface area contributed by atoms with Gasteiger partial charge in [0.2, 0.25) is 0 Å². The standard InChI is InChI=1S/C9H13NO3/c1-4-6-7(5(2)3)13-8(10-6)9(11)12/h5H,4H2,1-3H3,(H,11,12). The van der Waals surface area contributed by atoms with Crippen molar-refractivity contribution in [3.8, 4) is 0 Å². The van der Waals surface area contributed by atoms with E-state index in [1.165, 1.54) is 0 Å². The number of aromatic carboxylic acids is 1. The summed E-state index contributed by atoms with van der Waals surface area (Å²) in [6, 6.07) is 0. The highest BCUT2D eigenvalue weighted by Gasteiger charge is 2.18. The molecule has 0 fully saturated rings. The molecule has 1 heterocycles. The number of aryl methyl sites for hydroxylation is 1. The molecule has 13 heavy (non-hydrogen) atoms. The summed E-state index contributed by atoms with van der Waals surface area (Å²) in [5, 5.41) is 8.64. The van der Waals surface area contributed by atoms with Gasteiger partial charge in [-0.2, -0.15) is 0 Å². The van der Waals surface area contributed by atoms with Gasteiger partial charge in [-0.25, -0.2) is 9.78 Å². The number of nitrogens with zero attached hydrogens (tertiary/aromatic N) is 1. The highest BCUT2D eigenvalue weighted by molar-refractivity contribution is 5.82. The Morgan fingerprint density at radius 3 is 2.54 bits per heavy atom. The first kappa shape index (κ1) is 9.77. The first-order valence-electron chi connectivity index (χ1n) is 4.29. The van der Waals surface area contributed by atoms with Crippen LogP contribution in [-0.2, 0) is 6.42 Å². The number of carbonyl (C=O) groups is 1. The van der Waals surface area contributed by atoms with Gasteiger partial charge in [0.1, 0.15) is 5.76 Å². The lowest BCUT2D eigenvalue weighted by atomic mass is 10.1. The average molecular weight is 183 g/mol. The minimum Gasteiger partial charge on any atom is -0.474 e. The molecule has 4 heteroatoms. The van der Waals surface area contributed by atoms with E-state index in [1.807, 2.05) is 20.8 Å². The highest BCUT2D eigenvalue weighted by Crippen LogP contribution is 2.20. The lowest BCUT2D eigenvalue weighted by molar-refractivity contribution is 0.0651. The van der Waals surface area contributed by atoms with E-state index in [0.29, 0.717) is 12.2 Å². The van der Waals surface area contributed by atoms with Crippen molar-refractivity contribution in [1.82, 2.24) is 4.98 Å². The number of rotatable bonds is 3. The maximum absolute atomic E-state index is 10.5. The Balaban J connectivity index is 3.11. The van der Waals surface area contributed by atoms with Crippen molar-refractivity contribution in [3.63, 3.8) is 0 Å². The van der Waals surface area contributed by atoms with Crippen LogP contribution in [0.3, 0.4) is 0 Å². The van der Waals surface area contributed by atoms with Gasteiger partial charge < -0.3 is 9.52 Å². The van der Waals surface area contributed by atoms with Gasteiger partial charge in [-0.3, -0.25) is 0 Å². The molecule has 1 aromatic rings. The summed E-state index contributed by atoms with van der Waals surface area (Å²) < 4.78 is 5.12. The molecule has 0 aliphatic rings. The Morgan fingerprint density at radius 1 is 1.62 bits per heavy atom. The normalized spacial score (nSPS) is 10.8. The molecule has 4 nitrogen and oxygen atoms in total. The van der Waals surface area contributed by atoms with Crippen LogP contribution in [0.5, 0.6) is 0 Å². The van der Waals surface area contributed by atoms with Crippen LogP contribution in [0.2, 0.25) is 0 Å². The lowest BCUT2D eigenvalue weighted by Crippen LogP contribution is -1.96. The summed E-state index contributed by atoms with van der Waals surface area (Å²) in [4.78, 5) is 14.4. The molecule has 0 aromatic carbocycles. The van der Waals surface area contributed by atoms with E-state index in [9.17, 15) is 4.79 Å². The molecular formula is C9H13NO3. The monoisotopic (exact) mass is 183 g/mol. The number of hydrogen-bond acceptors (Lipinski definition) is 3. The first-order valence-corrected chi connectivity index (χ1v) is 4.29. The van der Waals surface area contributed by atoms with Crippen molar-refractivity contribution in [2.75, 3.05) is 0 Å². The zero-order valence-corrected chi connectivity index (χ0v) is 8.00. The molecule has 0 amide bonds. The zero-order valence-electron chi connectivity index (χ0n) is 8.00. The smallest absolute Gasteiger partial charge is 0.392 e. The fourth-order valence-corrected chi connectivity index (χ4v) is 1.16. The lowest BCUT2D eigenvalue weighted by Gasteiger charge is -1.99. The second-order valence-corrected chi connectivity index (χ2v) is 3.14. The van der Waals surface area contributed by atoms with E-state index in [-0.39, 0.29) is 11.8 Å². The predicted molar refractivity (Wildman–Crippen MR) is 46.9 cm³/mol. The van der Waals surface area contributed by atoms with Crippen molar-refractivity contribution in [1.29, 1.82) is 0 Å². The van der Waals surface area contributed by atoms with Crippen LogP contribution < -0.4 is 0 Å². The summed E-state index contributed by atoms with van der Waals surface area (Å²) in [5.41, 5.74) is 0.743. The number of oxazole rings is 1. The van der Waals surface area contributed by atoms with E-state index in [1.54, 1.807) is 0 Å². The molecule has 1 N–H and O–H groups in total. The third-order valence-corrected chi connectivity index (χ3v) is 1.77. The van der Waals surface area contributed by atoms with Crippen LogP contribution in [0.15, 0.2) is 4.42 Å². The van der Waals surface area contributed by atoms with Gasteiger partial charge in [-0.15, -0.1) is 0 Å². The van der Waals surface area contributed by atoms with Crippen molar-refractivity contribution in [2.45, 2.75) is 33.1 Å². The van der Waals surface area contributed by atoms with Gasteiger partial charge in [0.15, 0.2) is 0 Å². The largest absolute Gasteiger partial charge is 0.474 e. The van der Waals surface area contributed by atoms with Crippen LogP contribution >= 0.6 is 0 Å². The minimum atomic E-state index is -1.11. The fourth-order valence-electron chi connectivity index (χ4n) is 1.16. The molecule has 0 bridgehead atoms. The topological polar surface area (TPSA) is 63.3 Å². The van der Waals surface area contributed by atoms with Gasteiger partial charge in [0.25, 0.3) is 0 Å². The second-order valence-electron chi connectivity index (χ2n) is 3.14. The molecule has 72 valence electrons. The van der Waals surface area contributed by atoms with Crippen LogP contribution in [0.1, 0.15) is 48.8 Å². The molecule has 0 aliphatic heterocycles. The van der Waals surface area contributed by atoms with E-state index in [2.05, 4.69) is 4.98 Å². The Morgan fingerprint density at radius 2 is 2.23 bits per heavy atom. The molecule has 0 saturated heterocycles. The molecule has 0 saturated carbocycles. The van der Waals surface area contributed by atoms with Crippen molar-refractivity contribution in [3.05, 3.63) is 17.3 Å². The number of hydrogen-bond donors (Lipinski definition) is 1. The summed E-state index contributed by atoms with van der Waals surface area (Å²) in [7, 11) is 0. The number of carboxylic acids is 1. The van der Waals surface area contributed by atoms with Gasteiger partial charge in [-0.1, -0.05) is 20.8 Å². The van der Waals surface area contributed by atoms with E-state index in [0.717, 1.165) is 5.69 Å². The summed E-state index contributed by atoms with van der Waals surface area (Å²) in [5.74, 6) is -0.461. The molecule has 1 aromatic heterocycles. The number of aromatic nitrogens is 1. The van der Waals surface area contributed by atoms with E-state index in [4.69, 9.17) is 9.52 Å². The Kier molecular flexibility index (Phi) is 2.70. The fraction of sp³-hybridized carbons (Fsp3) is 0.556. The quantitative estimate of drug-likeness (QED) is 0.779. The van der Waals surface area contributed by atoms with E-state index >= 15 is 0 Å². The van der Waals surface area contributed by atoms with Crippen LogP contribution in [-0.4, -0.2) is 16.1 Å². The molecule has 1 rings (SSSR count). The molecule has 0 radical (unpaired) electrons. The Bertz CT molecular complexity index is 315. The first-order chi connectivity index (χ1) is 6.06. The molecule has 0 spiro atoms. The van der Waals surface area contributed by atoms with Gasteiger partial charge in [-0.05, 0) is 6.42 Å². The maximum atomic E-state index is 10.5. The third-order valence-electron chi connectivity index (χ3n) is 1.77. The van der Waals surface area contributed by atoms with Gasteiger partial charge in [0, 0.05) is 5.92 Å². The molecular weight excluding hydrogens is 170 g/mol. The minimum absolute atomic E-state index is 0.176. The van der Waals surface area contributed by atoms with Gasteiger partial charge in [0.05, 0.1) is 5.69 Å². The number of carboxylic acid groups (broad SMARTS) is 1. The highest BCUT2D eigenvalue weighted by atomic mass is 16.4. The SMILES string of the molecule is CCc1nc(C(=O)O)oc1C(C)C.